The number of benzene rings is 4. The van der Waals surface area contributed by atoms with Gasteiger partial charge in [0.05, 0.1) is 16.5 Å². The molecule has 0 aliphatic carbocycles. The maximum Gasteiger partial charge on any atom is 0.244 e. The zero-order valence-corrected chi connectivity index (χ0v) is 19.0. The molecular weight excluding hydrogens is 446 g/mol. The Hall–Kier alpha value is -3.99. The lowest BCUT2D eigenvalue weighted by molar-refractivity contribution is -0.120. The summed E-state index contributed by atoms with van der Waals surface area (Å²) in [5.41, 5.74) is 2.82. The Bertz CT molecular complexity index is 1540. The molecule has 1 heterocycles. The average Bonchev–Trinajstić information content (AvgIpc) is 2.88. The molecule has 4 aromatic carbocycles. The van der Waals surface area contributed by atoms with Crippen molar-refractivity contribution >= 4 is 32.4 Å². The van der Waals surface area contributed by atoms with E-state index >= 15 is 0 Å². The maximum absolute atomic E-state index is 13.8. The Kier molecular flexibility index (Phi) is 5.62. The van der Waals surface area contributed by atoms with Crippen molar-refractivity contribution in [2.75, 3.05) is 5.32 Å². The smallest absolute Gasteiger partial charge is 0.244 e. The molecule has 5 rings (SSSR count). The van der Waals surface area contributed by atoms with Gasteiger partial charge >= 0.3 is 0 Å². The molecule has 7 heteroatoms. The molecule has 0 radical (unpaired) electrons. The van der Waals surface area contributed by atoms with Crippen molar-refractivity contribution in [2.24, 2.45) is 0 Å². The van der Waals surface area contributed by atoms with Gasteiger partial charge in [0.2, 0.25) is 15.9 Å². The molecule has 0 saturated carbocycles. The van der Waals surface area contributed by atoms with E-state index in [0.717, 1.165) is 21.9 Å². The molecule has 4 aromatic rings. The minimum absolute atomic E-state index is 0.108. The highest BCUT2D eigenvalue weighted by molar-refractivity contribution is 7.89. The van der Waals surface area contributed by atoms with Crippen LogP contribution < -0.4 is 5.32 Å². The van der Waals surface area contributed by atoms with Crippen LogP contribution in [0.4, 0.5) is 5.69 Å². The minimum Gasteiger partial charge on any atom is -0.325 e. The molecule has 1 atom stereocenters. The molecule has 0 saturated heterocycles. The summed E-state index contributed by atoms with van der Waals surface area (Å²) in [5.74, 6) is -0.413. The number of hydrogen-bond acceptors (Lipinski definition) is 4. The third kappa shape index (κ3) is 4.05. The first kappa shape index (κ1) is 21.8. The number of nitrogens with zero attached hydrogens (tertiary/aromatic N) is 2. The van der Waals surface area contributed by atoms with E-state index in [1.807, 2.05) is 54.6 Å². The van der Waals surface area contributed by atoms with Gasteiger partial charge in [-0.15, -0.1) is 0 Å². The quantitative estimate of drug-likeness (QED) is 0.480. The fourth-order valence-electron chi connectivity index (χ4n) is 4.29. The van der Waals surface area contributed by atoms with Crippen molar-refractivity contribution in [1.29, 1.82) is 5.26 Å². The monoisotopic (exact) mass is 467 g/mol. The van der Waals surface area contributed by atoms with Gasteiger partial charge in [-0.05, 0) is 64.7 Å². The maximum atomic E-state index is 13.8. The van der Waals surface area contributed by atoms with Crippen LogP contribution in [-0.4, -0.2) is 24.7 Å². The van der Waals surface area contributed by atoms with E-state index in [0.29, 0.717) is 11.3 Å². The van der Waals surface area contributed by atoms with E-state index < -0.39 is 22.0 Å². The Balaban J connectivity index is 1.52. The summed E-state index contributed by atoms with van der Waals surface area (Å²) in [4.78, 5) is 13.5. The Labute approximate surface area is 198 Å². The molecule has 0 spiro atoms. The zero-order valence-electron chi connectivity index (χ0n) is 18.2. The van der Waals surface area contributed by atoms with Gasteiger partial charge in [0.1, 0.15) is 6.04 Å². The first-order chi connectivity index (χ1) is 16.5. The normalized spacial score (nSPS) is 15.9. The van der Waals surface area contributed by atoms with Gasteiger partial charge in [-0.2, -0.15) is 9.57 Å². The second-order valence-electron chi connectivity index (χ2n) is 8.23. The fraction of sp³-hybridized carbons (Fsp3) is 0.111. The summed E-state index contributed by atoms with van der Waals surface area (Å²) in [6.07, 6.45) is 0.269. The lowest BCUT2D eigenvalue weighted by Gasteiger charge is -2.35. The third-order valence-corrected chi connectivity index (χ3v) is 7.97. The number of hydrogen-bond donors (Lipinski definition) is 1. The highest BCUT2D eigenvalue weighted by Crippen LogP contribution is 2.31. The molecule has 0 fully saturated rings. The highest BCUT2D eigenvalue weighted by atomic mass is 32.2. The summed E-state index contributed by atoms with van der Waals surface area (Å²) in [5, 5.41) is 13.6. The van der Waals surface area contributed by atoms with Gasteiger partial charge in [0, 0.05) is 12.2 Å². The van der Waals surface area contributed by atoms with E-state index in [4.69, 9.17) is 5.26 Å². The summed E-state index contributed by atoms with van der Waals surface area (Å²) >= 11 is 0. The molecular formula is C27H21N3O3S. The number of fused-ring (bicyclic) bond motifs is 2. The first-order valence-electron chi connectivity index (χ1n) is 10.8. The highest BCUT2D eigenvalue weighted by Gasteiger charge is 2.39. The number of nitrogens with one attached hydrogen (secondary N) is 1. The summed E-state index contributed by atoms with van der Waals surface area (Å²) in [6.45, 7) is 0.108. The van der Waals surface area contributed by atoms with Crippen molar-refractivity contribution in [3.63, 3.8) is 0 Å². The second-order valence-corrected chi connectivity index (χ2v) is 10.1. The van der Waals surface area contributed by atoms with Gasteiger partial charge in [-0.25, -0.2) is 8.42 Å². The predicted octanol–water partition coefficient (Wildman–Crippen LogP) is 4.47. The first-order valence-corrected chi connectivity index (χ1v) is 12.3. The van der Waals surface area contributed by atoms with Crippen LogP contribution in [0.5, 0.6) is 0 Å². The molecule has 1 amide bonds. The molecule has 168 valence electrons. The molecule has 1 aliphatic rings. The van der Waals surface area contributed by atoms with Crippen molar-refractivity contribution in [3.05, 3.63) is 108 Å². The Morgan fingerprint density at radius 3 is 2.29 bits per heavy atom. The van der Waals surface area contributed by atoms with E-state index in [1.54, 1.807) is 42.5 Å². The molecule has 0 aromatic heterocycles. The van der Waals surface area contributed by atoms with Gasteiger partial charge in [-0.3, -0.25) is 4.79 Å². The van der Waals surface area contributed by atoms with E-state index in [-0.39, 0.29) is 17.9 Å². The van der Waals surface area contributed by atoms with Gasteiger partial charge < -0.3 is 5.32 Å². The summed E-state index contributed by atoms with van der Waals surface area (Å²) in [7, 11) is -3.96. The van der Waals surface area contributed by atoms with Crippen LogP contribution in [0.2, 0.25) is 0 Å². The van der Waals surface area contributed by atoms with Crippen molar-refractivity contribution in [3.8, 4) is 6.07 Å². The van der Waals surface area contributed by atoms with Gasteiger partial charge in [-0.1, -0.05) is 54.6 Å². The standard InChI is InChI=1S/C27H21N3O3S/c28-17-19-9-12-24(13-10-19)29-27(31)26-16-22-7-3-4-8-23(22)18-30(26)34(32,33)25-14-11-20-5-1-2-6-21(20)15-25/h1-15,26H,16,18H2,(H,29,31)/t26-/m0/s1. The van der Waals surface area contributed by atoms with E-state index in [9.17, 15) is 13.2 Å². The fourth-order valence-corrected chi connectivity index (χ4v) is 5.89. The van der Waals surface area contributed by atoms with Crippen LogP contribution >= 0.6 is 0 Å². The number of anilines is 1. The van der Waals surface area contributed by atoms with Crippen LogP contribution in [0.15, 0.2) is 95.9 Å². The number of amides is 1. The van der Waals surface area contributed by atoms with Gasteiger partial charge in [0.15, 0.2) is 0 Å². The third-order valence-electron chi connectivity index (χ3n) is 6.12. The number of nitriles is 1. The summed E-state index contributed by atoms with van der Waals surface area (Å²) in [6, 6.07) is 27.8. The largest absolute Gasteiger partial charge is 0.325 e. The van der Waals surface area contributed by atoms with Crippen molar-refractivity contribution < 1.29 is 13.2 Å². The Morgan fingerprint density at radius 1 is 0.882 bits per heavy atom. The molecule has 6 nitrogen and oxygen atoms in total. The second kappa shape index (κ2) is 8.75. The lowest BCUT2D eigenvalue weighted by Crippen LogP contribution is -2.50. The number of carbonyl (C=O) groups excluding carboxylic acids is 1. The van der Waals surface area contributed by atoms with E-state index in [1.165, 1.54) is 4.31 Å². The Morgan fingerprint density at radius 2 is 1.56 bits per heavy atom. The van der Waals surface area contributed by atoms with Crippen LogP contribution in [0.3, 0.4) is 0 Å². The average molecular weight is 468 g/mol. The molecule has 1 N–H and O–H groups in total. The van der Waals surface area contributed by atoms with Crippen LogP contribution in [0.1, 0.15) is 16.7 Å². The van der Waals surface area contributed by atoms with Crippen molar-refractivity contribution in [1.82, 2.24) is 4.31 Å². The predicted molar refractivity (Wildman–Crippen MR) is 130 cm³/mol. The number of sulfonamides is 1. The molecule has 0 bridgehead atoms. The number of carbonyl (C=O) groups is 1. The van der Waals surface area contributed by atoms with E-state index in [2.05, 4.69) is 5.32 Å². The summed E-state index contributed by atoms with van der Waals surface area (Å²) < 4.78 is 28.9. The van der Waals surface area contributed by atoms with Crippen LogP contribution in [-0.2, 0) is 27.8 Å². The number of rotatable bonds is 4. The van der Waals surface area contributed by atoms with Crippen LogP contribution in [0.25, 0.3) is 10.8 Å². The van der Waals surface area contributed by atoms with Crippen molar-refractivity contribution in [2.45, 2.75) is 23.9 Å². The van der Waals surface area contributed by atoms with Crippen LogP contribution in [0, 0.1) is 11.3 Å². The molecule has 1 aliphatic heterocycles. The zero-order chi connectivity index (χ0) is 23.7. The topological polar surface area (TPSA) is 90.3 Å². The molecule has 0 unspecified atom stereocenters. The minimum atomic E-state index is -3.96. The van der Waals surface area contributed by atoms with Gasteiger partial charge in [0.25, 0.3) is 0 Å². The molecule has 34 heavy (non-hydrogen) atoms. The SMILES string of the molecule is N#Cc1ccc(NC(=O)[C@@H]2Cc3ccccc3CN2S(=O)(=O)c2ccc3ccccc3c2)cc1. The lowest BCUT2D eigenvalue weighted by atomic mass is 9.95.